The average Bonchev–Trinajstić information content (AvgIpc) is 3.06. The third-order valence-electron chi connectivity index (χ3n) is 4.21. The first kappa shape index (κ1) is 18.8. The van der Waals surface area contributed by atoms with Gasteiger partial charge in [-0.05, 0) is 12.5 Å². The number of aryl methyl sites for hydroxylation is 2. The van der Waals surface area contributed by atoms with Gasteiger partial charge in [-0.1, -0.05) is 30.3 Å². The van der Waals surface area contributed by atoms with Crippen molar-refractivity contribution in [2.45, 2.75) is 33.0 Å². The smallest absolute Gasteiger partial charge is 0.328 e. The maximum atomic E-state index is 12.9. The zero-order valence-electron chi connectivity index (χ0n) is 14.9. The Hall–Kier alpha value is -3.00. The highest BCUT2D eigenvalue weighted by Crippen LogP contribution is 2.18. The van der Waals surface area contributed by atoms with Crippen molar-refractivity contribution in [2.75, 3.05) is 0 Å². The number of carbonyl (C=O) groups is 1. The van der Waals surface area contributed by atoms with Crippen LogP contribution in [0.1, 0.15) is 22.6 Å². The number of nitrogens with one attached hydrogen (secondary N) is 1. The van der Waals surface area contributed by atoms with E-state index in [1.165, 1.54) is 28.2 Å². The third kappa shape index (κ3) is 5.01. The summed E-state index contributed by atoms with van der Waals surface area (Å²) >= 11 is 1.52. The van der Waals surface area contributed by atoms with E-state index in [0.29, 0.717) is 13.1 Å². The lowest BCUT2D eigenvalue weighted by Gasteiger charge is -2.23. The summed E-state index contributed by atoms with van der Waals surface area (Å²) in [5.74, 6) is -0.0650. The van der Waals surface area contributed by atoms with E-state index >= 15 is 0 Å². The number of benzene rings is 1. The molecule has 140 valence electrons. The minimum absolute atomic E-state index is 0.0650. The maximum absolute atomic E-state index is 12.9. The lowest BCUT2D eigenvalue weighted by atomic mass is 10.2. The van der Waals surface area contributed by atoms with Crippen molar-refractivity contribution in [1.82, 2.24) is 19.4 Å². The zero-order valence-corrected chi connectivity index (χ0v) is 15.7. The van der Waals surface area contributed by atoms with Crippen molar-refractivity contribution in [2.24, 2.45) is 0 Å². The summed E-state index contributed by atoms with van der Waals surface area (Å²) < 4.78 is 1.33. The Bertz CT molecular complexity index is 1020. The number of aromatic amines is 1. The molecule has 0 spiro atoms. The minimum atomic E-state index is -0.511. The Morgan fingerprint density at radius 1 is 1.19 bits per heavy atom. The summed E-state index contributed by atoms with van der Waals surface area (Å²) in [5, 5.41) is 0. The van der Waals surface area contributed by atoms with E-state index in [-0.39, 0.29) is 18.9 Å². The van der Waals surface area contributed by atoms with Gasteiger partial charge in [0.15, 0.2) is 0 Å². The van der Waals surface area contributed by atoms with Crippen molar-refractivity contribution in [3.63, 3.8) is 0 Å². The van der Waals surface area contributed by atoms with Crippen LogP contribution in [0, 0.1) is 6.92 Å². The molecule has 3 aromatic rings. The van der Waals surface area contributed by atoms with Crippen LogP contribution in [0.3, 0.4) is 0 Å². The van der Waals surface area contributed by atoms with E-state index in [0.717, 1.165) is 16.1 Å². The molecule has 1 amide bonds. The van der Waals surface area contributed by atoms with Crippen LogP contribution < -0.4 is 11.2 Å². The van der Waals surface area contributed by atoms with Crippen LogP contribution in [0.4, 0.5) is 0 Å². The standard InChI is InChI=1S/C19H20N4O3S/c1-14-16(27-13-20-14)12-23(11-15-5-3-2-4-6-15)18(25)8-10-22-9-7-17(24)21-19(22)26/h2-7,9,13H,8,10-12H2,1H3,(H,21,24,26). The molecular weight excluding hydrogens is 364 g/mol. The molecule has 0 fully saturated rings. The summed E-state index contributed by atoms with van der Waals surface area (Å²) in [7, 11) is 0. The molecule has 0 saturated carbocycles. The molecule has 1 N–H and O–H groups in total. The molecule has 0 unspecified atom stereocenters. The number of carbonyl (C=O) groups excluding carboxylic acids is 1. The molecule has 3 rings (SSSR count). The van der Waals surface area contributed by atoms with Crippen LogP contribution in [-0.4, -0.2) is 25.3 Å². The Morgan fingerprint density at radius 2 is 1.96 bits per heavy atom. The van der Waals surface area contributed by atoms with Gasteiger partial charge in [-0.3, -0.25) is 14.6 Å². The second-order valence-electron chi connectivity index (χ2n) is 6.15. The quantitative estimate of drug-likeness (QED) is 0.674. The topological polar surface area (TPSA) is 88.1 Å². The molecule has 7 nitrogen and oxygen atoms in total. The van der Waals surface area contributed by atoms with Crippen molar-refractivity contribution in [3.05, 3.63) is 85.1 Å². The number of amides is 1. The lowest BCUT2D eigenvalue weighted by Crippen LogP contribution is -2.33. The normalized spacial score (nSPS) is 10.7. The van der Waals surface area contributed by atoms with Gasteiger partial charge < -0.3 is 9.47 Å². The SMILES string of the molecule is Cc1ncsc1CN(Cc1ccccc1)C(=O)CCn1ccc(=O)[nH]c1=O. The minimum Gasteiger partial charge on any atom is -0.333 e. The van der Waals surface area contributed by atoms with Crippen molar-refractivity contribution in [1.29, 1.82) is 0 Å². The number of nitrogens with zero attached hydrogens (tertiary/aromatic N) is 3. The second-order valence-corrected chi connectivity index (χ2v) is 7.09. The number of H-pyrrole nitrogens is 1. The van der Waals surface area contributed by atoms with Gasteiger partial charge in [-0.2, -0.15) is 0 Å². The summed E-state index contributed by atoms with van der Waals surface area (Å²) in [6.07, 6.45) is 1.57. The summed E-state index contributed by atoms with van der Waals surface area (Å²) in [6, 6.07) is 11.0. The van der Waals surface area contributed by atoms with E-state index in [9.17, 15) is 14.4 Å². The molecule has 0 aliphatic carbocycles. The molecule has 2 heterocycles. The highest BCUT2D eigenvalue weighted by Gasteiger charge is 2.17. The molecule has 0 aliphatic heterocycles. The molecule has 0 radical (unpaired) electrons. The van der Waals surface area contributed by atoms with E-state index in [2.05, 4.69) is 9.97 Å². The Balaban J connectivity index is 1.74. The summed E-state index contributed by atoms with van der Waals surface area (Å²) in [4.78, 5) is 45.1. The van der Waals surface area contributed by atoms with Crippen LogP contribution in [0.2, 0.25) is 0 Å². The van der Waals surface area contributed by atoms with Crippen molar-refractivity contribution >= 4 is 17.2 Å². The van der Waals surface area contributed by atoms with Gasteiger partial charge in [0, 0.05) is 36.7 Å². The first-order chi connectivity index (χ1) is 13.0. The summed E-state index contributed by atoms with van der Waals surface area (Å²) in [6.45, 7) is 3.10. The number of hydrogen-bond acceptors (Lipinski definition) is 5. The van der Waals surface area contributed by atoms with E-state index in [1.807, 2.05) is 37.3 Å². The fourth-order valence-corrected chi connectivity index (χ4v) is 3.47. The molecule has 0 bridgehead atoms. The lowest BCUT2D eigenvalue weighted by molar-refractivity contribution is -0.132. The van der Waals surface area contributed by atoms with Gasteiger partial charge in [0.2, 0.25) is 5.91 Å². The average molecular weight is 384 g/mol. The Labute approximate surface area is 159 Å². The van der Waals surface area contributed by atoms with Crippen molar-refractivity contribution in [3.8, 4) is 0 Å². The molecule has 27 heavy (non-hydrogen) atoms. The molecule has 0 atom stereocenters. The number of aromatic nitrogens is 3. The third-order valence-corrected chi connectivity index (χ3v) is 5.13. The first-order valence-corrected chi connectivity index (χ1v) is 9.41. The molecule has 2 aromatic heterocycles. The predicted molar refractivity (Wildman–Crippen MR) is 103 cm³/mol. The summed E-state index contributed by atoms with van der Waals surface area (Å²) in [5.41, 5.74) is 2.77. The highest BCUT2D eigenvalue weighted by molar-refractivity contribution is 7.09. The van der Waals surface area contributed by atoms with E-state index in [4.69, 9.17) is 0 Å². The largest absolute Gasteiger partial charge is 0.333 e. The number of thiazole rings is 1. The maximum Gasteiger partial charge on any atom is 0.328 e. The number of rotatable bonds is 7. The number of hydrogen-bond donors (Lipinski definition) is 1. The van der Waals surface area contributed by atoms with Crippen LogP contribution in [0.5, 0.6) is 0 Å². The van der Waals surface area contributed by atoms with Crippen LogP contribution in [0.15, 0.2) is 57.7 Å². The molecule has 0 saturated heterocycles. The van der Waals surface area contributed by atoms with E-state index in [1.54, 1.807) is 10.4 Å². The van der Waals surface area contributed by atoms with Gasteiger partial charge in [-0.15, -0.1) is 11.3 Å². The van der Waals surface area contributed by atoms with Gasteiger partial charge in [0.05, 0.1) is 17.7 Å². The molecular formula is C19H20N4O3S. The van der Waals surface area contributed by atoms with Gasteiger partial charge in [-0.25, -0.2) is 9.78 Å². The van der Waals surface area contributed by atoms with Gasteiger partial charge >= 0.3 is 5.69 Å². The fraction of sp³-hybridized carbons (Fsp3) is 0.263. The Morgan fingerprint density at radius 3 is 2.63 bits per heavy atom. The molecule has 1 aromatic carbocycles. The van der Waals surface area contributed by atoms with E-state index < -0.39 is 11.2 Å². The Kier molecular flexibility index (Phi) is 5.97. The van der Waals surface area contributed by atoms with Crippen LogP contribution in [0.25, 0.3) is 0 Å². The predicted octanol–water partition coefficient (Wildman–Crippen LogP) is 1.92. The van der Waals surface area contributed by atoms with Gasteiger partial charge in [0.1, 0.15) is 0 Å². The van der Waals surface area contributed by atoms with Crippen LogP contribution >= 0.6 is 11.3 Å². The fourth-order valence-electron chi connectivity index (χ4n) is 2.68. The first-order valence-electron chi connectivity index (χ1n) is 8.53. The highest BCUT2D eigenvalue weighted by atomic mass is 32.1. The van der Waals surface area contributed by atoms with Gasteiger partial charge in [0.25, 0.3) is 5.56 Å². The molecule has 8 heteroatoms. The monoisotopic (exact) mass is 384 g/mol. The molecule has 0 aliphatic rings. The van der Waals surface area contributed by atoms with Crippen molar-refractivity contribution < 1.29 is 4.79 Å². The second kappa shape index (κ2) is 8.59. The van der Waals surface area contributed by atoms with Crippen LogP contribution in [-0.2, 0) is 24.4 Å². The zero-order chi connectivity index (χ0) is 19.2.